The average molecular weight is 418 g/mol. The Morgan fingerprint density at radius 3 is 1.97 bits per heavy atom. The molecule has 1 aromatic heterocycles. The highest BCUT2D eigenvalue weighted by Gasteiger charge is 2.15. The second-order valence-corrected chi connectivity index (χ2v) is 7.81. The summed E-state index contributed by atoms with van der Waals surface area (Å²) in [6.07, 6.45) is 0. The van der Waals surface area contributed by atoms with E-state index >= 15 is 0 Å². The average Bonchev–Trinajstić information content (AvgIpc) is 2.83. The lowest BCUT2D eigenvalue weighted by atomic mass is 9.93. The first-order chi connectivity index (χ1) is 15.3. The Morgan fingerprint density at radius 2 is 1.13 bits per heavy atom. The van der Waals surface area contributed by atoms with Gasteiger partial charge in [-0.2, -0.15) is 9.97 Å². The predicted molar refractivity (Wildman–Crippen MR) is 128 cm³/mol. The van der Waals surface area contributed by atoms with Crippen molar-refractivity contribution in [2.75, 3.05) is 0 Å². The Labute approximate surface area is 184 Å². The molecule has 3 nitrogen and oxygen atoms in total. The van der Waals surface area contributed by atoms with Crippen LogP contribution in [0.3, 0.4) is 0 Å². The van der Waals surface area contributed by atoms with E-state index < -0.39 is 0 Å². The highest BCUT2D eigenvalue weighted by molar-refractivity contribution is 6.28. The maximum atomic E-state index is 6.35. The molecule has 0 unspecified atom stereocenters. The monoisotopic (exact) mass is 417 g/mol. The van der Waals surface area contributed by atoms with E-state index in [1.807, 2.05) is 36.4 Å². The summed E-state index contributed by atoms with van der Waals surface area (Å²) in [6, 6.07) is 33.2. The van der Waals surface area contributed by atoms with E-state index in [1.165, 1.54) is 26.9 Å². The third kappa shape index (κ3) is 3.02. The van der Waals surface area contributed by atoms with Crippen LogP contribution in [0.5, 0.6) is 0 Å². The molecule has 0 atom stereocenters. The lowest BCUT2D eigenvalue weighted by molar-refractivity contribution is 1.07. The SMILES string of the molecule is Clc1nc(-c2ccccc2)nc(-c2cc3c4ccccc4ccc3c3ccccc23)n1. The van der Waals surface area contributed by atoms with Crippen LogP contribution in [-0.2, 0) is 0 Å². The molecular formula is C27H16ClN3. The molecule has 1 heterocycles. The van der Waals surface area contributed by atoms with Crippen LogP contribution in [-0.4, -0.2) is 15.0 Å². The third-order valence-corrected chi connectivity index (χ3v) is 5.82. The van der Waals surface area contributed by atoms with Crippen LogP contribution >= 0.6 is 11.6 Å². The predicted octanol–water partition coefficient (Wildman–Crippen LogP) is 7.32. The molecule has 0 saturated carbocycles. The molecule has 0 aliphatic rings. The first-order valence-corrected chi connectivity index (χ1v) is 10.5. The molecule has 146 valence electrons. The quantitative estimate of drug-likeness (QED) is 0.277. The van der Waals surface area contributed by atoms with Gasteiger partial charge in [-0.1, -0.05) is 91.0 Å². The number of hydrogen-bond donors (Lipinski definition) is 0. The number of nitrogens with zero attached hydrogens (tertiary/aromatic N) is 3. The largest absolute Gasteiger partial charge is 0.226 e. The molecule has 0 bridgehead atoms. The maximum absolute atomic E-state index is 6.35. The van der Waals surface area contributed by atoms with Crippen LogP contribution in [0.25, 0.3) is 55.1 Å². The van der Waals surface area contributed by atoms with Crippen LogP contribution in [0, 0.1) is 0 Å². The Bertz CT molecular complexity index is 1590. The summed E-state index contributed by atoms with van der Waals surface area (Å²) < 4.78 is 0. The van der Waals surface area contributed by atoms with Crippen molar-refractivity contribution in [1.82, 2.24) is 15.0 Å². The molecule has 0 radical (unpaired) electrons. The molecule has 0 N–H and O–H groups in total. The van der Waals surface area contributed by atoms with E-state index in [2.05, 4.69) is 70.6 Å². The van der Waals surface area contributed by atoms with Gasteiger partial charge in [0.15, 0.2) is 11.6 Å². The maximum Gasteiger partial charge on any atom is 0.226 e. The second-order valence-electron chi connectivity index (χ2n) is 7.47. The van der Waals surface area contributed by atoms with Gasteiger partial charge in [0.2, 0.25) is 5.28 Å². The molecular weight excluding hydrogens is 402 g/mol. The second kappa shape index (κ2) is 7.15. The fraction of sp³-hybridized carbons (Fsp3) is 0. The minimum Gasteiger partial charge on any atom is -0.208 e. The Hall–Kier alpha value is -3.82. The van der Waals surface area contributed by atoms with Gasteiger partial charge in [0.1, 0.15) is 0 Å². The van der Waals surface area contributed by atoms with Gasteiger partial charge in [-0.05, 0) is 50.0 Å². The van der Waals surface area contributed by atoms with Crippen molar-refractivity contribution in [3.05, 3.63) is 102 Å². The number of halogens is 1. The minimum atomic E-state index is 0.186. The molecule has 0 aliphatic carbocycles. The summed E-state index contributed by atoms with van der Waals surface area (Å²) in [5, 5.41) is 7.23. The molecule has 0 aliphatic heterocycles. The first kappa shape index (κ1) is 18.0. The van der Waals surface area contributed by atoms with Crippen molar-refractivity contribution in [1.29, 1.82) is 0 Å². The Morgan fingerprint density at radius 1 is 0.484 bits per heavy atom. The zero-order chi connectivity index (χ0) is 20.8. The highest BCUT2D eigenvalue weighted by atomic mass is 35.5. The third-order valence-electron chi connectivity index (χ3n) is 5.65. The summed E-state index contributed by atoms with van der Waals surface area (Å²) in [5.74, 6) is 1.14. The number of hydrogen-bond acceptors (Lipinski definition) is 3. The smallest absolute Gasteiger partial charge is 0.208 e. The topological polar surface area (TPSA) is 38.7 Å². The molecule has 0 fully saturated rings. The fourth-order valence-corrected chi connectivity index (χ4v) is 4.39. The first-order valence-electron chi connectivity index (χ1n) is 10.1. The van der Waals surface area contributed by atoms with Crippen molar-refractivity contribution < 1.29 is 0 Å². The Kier molecular flexibility index (Phi) is 4.15. The lowest BCUT2D eigenvalue weighted by Crippen LogP contribution is -1.98. The molecule has 31 heavy (non-hydrogen) atoms. The summed E-state index contributed by atoms with van der Waals surface area (Å²) >= 11 is 6.35. The normalized spacial score (nSPS) is 11.4. The Balaban J connectivity index is 1.71. The van der Waals surface area contributed by atoms with Crippen LogP contribution in [0.2, 0.25) is 5.28 Å². The van der Waals surface area contributed by atoms with Crippen LogP contribution in [0.4, 0.5) is 0 Å². The number of aromatic nitrogens is 3. The van der Waals surface area contributed by atoms with Gasteiger partial charge in [-0.25, -0.2) is 4.98 Å². The molecule has 0 amide bonds. The molecule has 6 aromatic rings. The number of rotatable bonds is 2. The van der Waals surface area contributed by atoms with Crippen LogP contribution in [0.15, 0.2) is 97.1 Å². The van der Waals surface area contributed by atoms with Crippen molar-refractivity contribution in [3.63, 3.8) is 0 Å². The van der Waals surface area contributed by atoms with Gasteiger partial charge in [0, 0.05) is 11.1 Å². The summed E-state index contributed by atoms with van der Waals surface area (Å²) in [4.78, 5) is 13.7. The lowest BCUT2D eigenvalue weighted by Gasteiger charge is -2.12. The van der Waals surface area contributed by atoms with E-state index in [0.29, 0.717) is 11.6 Å². The van der Waals surface area contributed by atoms with Crippen LogP contribution in [0.1, 0.15) is 0 Å². The van der Waals surface area contributed by atoms with Gasteiger partial charge in [0.05, 0.1) is 0 Å². The minimum absolute atomic E-state index is 0.186. The van der Waals surface area contributed by atoms with Gasteiger partial charge >= 0.3 is 0 Å². The van der Waals surface area contributed by atoms with Gasteiger partial charge in [-0.3, -0.25) is 0 Å². The molecule has 4 heteroatoms. The van der Waals surface area contributed by atoms with Crippen LogP contribution < -0.4 is 0 Å². The molecule has 5 aromatic carbocycles. The summed E-state index contributed by atoms with van der Waals surface area (Å²) in [6.45, 7) is 0. The van der Waals surface area contributed by atoms with Gasteiger partial charge < -0.3 is 0 Å². The van der Waals surface area contributed by atoms with E-state index in [9.17, 15) is 0 Å². The van der Waals surface area contributed by atoms with Gasteiger partial charge in [-0.15, -0.1) is 0 Å². The number of fused-ring (bicyclic) bond motifs is 5. The van der Waals surface area contributed by atoms with Crippen molar-refractivity contribution in [3.8, 4) is 22.8 Å². The van der Waals surface area contributed by atoms with Crippen molar-refractivity contribution in [2.24, 2.45) is 0 Å². The summed E-state index contributed by atoms with van der Waals surface area (Å²) in [7, 11) is 0. The molecule has 0 saturated heterocycles. The van der Waals surface area contributed by atoms with E-state index in [0.717, 1.165) is 16.5 Å². The zero-order valence-electron chi connectivity index (χ0n) is 16.5. The number of benzene rings is 5. The fourth-order valence-electron chi connectivity index (χ4n) is 4.23. The zero-order valence-corrected chi connectivity index (χ0v) is 17.2. The highest BCUT2D eigenvalue weighted by Crippen LogP contribution is 2.37. The standard InChI is InChI=1S/C27H16ClN3/c28-27-30-25(18-9-2-1-3-10-18)29-26(31-27)24-16-23-19-11-5-4-8-17(19)14-15-22(23)20-12-6-7-13-21(20)24/h1-16H. The summed E-state index contributed by atoms with van der Waals surface area (Å²) in [5.41, 5.74) is 1.85. The molecule has 0 spiro atoms. The van der Waals surface area contributed by atoms with E-state index in [4.69, 9.17) is 16.6 Å². The van der Waals surface area contributed by atoms with E-state index in [-0.39, 0.29) is 5.28 Å². The molecule has 6 rings (SSSR count). The van der Waals surface area contributed by atoms with Crippen molar-refractivity contribution >= 4 is 43.9 Å². The van der Waals surface area contributed by atoms with E-state index in [1.54, 1.807) is 0 Å². The van der Waals surface area contributed by atoms with Crippen molar-refractivity contribution in [2.45, 2.75) is 0 Å². The van der Waals surface area contributed by atoms with Gasteiger partial charge in [0.25, 0.3) is 0 Å².